The Morgan fingerprint density at radius 2 is 1.92 bits per heavy atom. The summed E-state index contributed by atoms with van der Waals surface area (Å²) >= 11 is 1.33. The molecule has 2 N–H and O–H groups in total. The summed E-state index contributed by atoms with van der Waals surface area (Å²) in [6.07, 6.45) is 1.40. The Kier molecular flexibility index (Phi) is 4.31. The summed E-state index contributed by atoms with van der Waals surface area (Å²) in [6.45, 7) is 12.5. The maximum Gasteiger partial charge on any atom is 0.250 e. The molecule has 0 aliphatic rings. The molecule has 3 aromatic heterocycles. The molecule has 0 amide bonds. The number of hydrogen-bond donors (Lipinski definition) is 2. The van der Waals surface area contributed by atoms with Gasteiger partial charge in [0, 0.05) is 16.9 Å². The normalized spacial score (nSPS) is 13.8. The van der Waals surface area contributed by atoms with Crippen LogP contribution >= 0.6 is 11.5 Å². The van der Waals surface area contributed by atoms with Crippen LogP contribution in [0.3, 0.4) is 0 Å². The summed E-state index contributed by atoms with van der Waals surface area (Å²) in [7, 11) is 0. The van der Waals surface area contributed by atoms with Gasteiger partial charge in [-0.15, -0.1) is 0 Å². The molecule has 3 heterocycles. The summed E-state index contributed by atoms with van der Waals surface area (Å²) < 4.78 is 9.91. The number of aromatic amines is 1. The van der Waals surface area contributed by atoms with Crippen molar-refractivity contribution < 1.29 is 4.52 Å². The lowest BCUT2D eigenvalue weighted by atomic mass is 9.87. The fraction of sp³-hybridized carbons (Fsp3) is 0.600. The SMILES string of the molecule is CC(C)(C)c1nsc(NC(c2nc(-c3ncn[nH]3)no2)C(C)(C)C)n1. The standard InChI is InChI=1S/C15H22N8OS/c1-14(2,3)8(18-13-20-12(23-25-13)15(4,5)6)11-19-10(22-24-11)9-16-7-17-21-9/h7-8H,1-6H3,(H,16,17,21)(H,18,20,23). The van der Waals surface area contributed by atoms with E-state index in [1.165, 1.54) is 17.9 Å². The first-order valence-corrected chi connectivity index (χ1v) is 8.72. The van der Waals surface area contributed by atoms with Gasteiger partial charge >= 0.3 is 0 Å². The molecule has 134 valence electrons. The minimum atomic E-state index is -0.225. The van der Waals surface area contributed by atoms with Crippen molar-refractivity contribution in [3.05, 3.63) is 18.0 Å². The highest BCUT2D eigenvalue weighted by Crippen LogP contribution is 2.36. The van der Waals surface area contributed by atoms with Crippen LogP contribution in [0.15, 0.2) is 10.9 Å². The van der Waals surface area contributed by atoms with Crippen LogP contribution in [0.1, 0.15) is 59.3 Å². The van der Waals surface area contributed by atoms with Crippen LogP contribution in [-0.2, 0) is 5.41 Å². The van der Waals surface area contributed by atoms with E-state index in [1.54, 1.807) is 0 Å². The molecule has 3 rings (SSSR count). The number of H-pyrrole nitrogens is 1. The van der Waals surface area contributed by atoms with E-state index in [-0.39, 0.29) is 16.9 Å². The van der Waals surface area contributed by atoms with Crippen molar-refractivity contribution in [1.29, 1.82) is 0 Å². The van der Waals surface area contributed by atoms with E-state index in [2.05, 4.69) is 81.5 Å². The van der Waals surface area contributed by atoms with Gasteiger partial charge in [-0.3, -0.25) is 5.10 Å². The van der Waals surface area contributed by atoms with E-state index in [4.69, 9.17) is 4.52 Å². The van der Waals surface area contributed by atoms with Gasteiger partial charge in [-0.25, -0.2) is 9.97 Å². The predicted molar refractivity (Wildman–Crippen MR) is 94.1 cm³/mol. The number of hydrogen-bond acceptors (Lipinski definition) is 9. The molecule has 0 saturated carbocycles. The molecular formula is C15H22N8OS. The van der Waals surface area contributed by atoms with E-state index in [0.29, 0.717) is 17.5 Å². The Labute approximate surface area is 149 Å². The maximum absolute atomic E-state index is 5.47. The van der Waals surface area contributed by atoms with Gasteiger partial charge in [0.2, 0.25) is 16.8 Å². The highest BCUT2D eigenvalue weighted by atomic mass is 32.1. The number of nitrogens with one attached hydrogen (secondary N) is 2. The molecule has 0 aliphatic carbocycles. The molecular weight excluding hydrogens is 340 g/mol. The molecule has 0 aliphatic heterocycles. The first kappa shape index (κ1) is 17.5. The van der Waals surface area contributed by atoms with Crippen LogP contribution in [0, 0.1) is 5.41 Å². The highest BCUT2D eigenvalue weighted by molar-refractivity contribution is 7.09. The van der Waals surface area contributed by atoms with E-state index in [1.807, 2.05) is 0 Å². The summed E-state index contributed by atoms with van der Waals surface area (Å²) in [5, 5.41) is 14.6. The molecule has 9 nitrogen and oxygen atoms in total. The van der Waals surface area contributed by atoms with Gasteiger partial charge in [-0.1, -0.05) is 46.7 Å². The minimum Gasteiger partial charge on any atom is -0.348 e. The zero-order valence-electron chi connectivity index (χ0n) is 15.2. The molecule has 0 bridgehead atoms. The van der Waals surface area contributed by atoms with Gasteiger partial charge in [0.25, 0.3) is 0 Å². The Morgan fingerprint density at radius 3 is 2.48 bits per heavy atom. The van der Waals surface area contributed by atoms with E-state index in [0.717, 1.165) is 11.0 Å². The average Bonchev–Trinajstić information content (AvgIpc) is 3.23. The second-order valence-electron chi connectivity index (χ2n) is 7.91. The number of aromatic nitrogens is 7. The largest absolute Gasteiger partial charge is 0.348 e. The van der Waals surface area contributed by atoms with Crippen molar-refractivity contribution >= 4 is 16.7 Å². The summed E-state index contributed by atoms with van der Waals surface area (Å²) in [4.78, 5) is 13.1. The van der Waals surface area contributed by atoms with Crippen molar-refractivity contribution in [2.24, 2.45) is 5.41 Å². The third kappa shape index (κ3) is 3.84. The second-order valence-corrected chi connectivity index (χ2v) is 8.66. The van der Waals surface area contributed by atoms with Gasteiger partial charge in [-0.05, 0) is 5.41 Å². The first-order chi connectivity index (χ1) is 11.6. The summed E-state index contributed by atoms with van der Waals surface area (Å²) in [5.41, 5.74) is -0.281. The molecule has 25 heavy (non-hydrogen) atoms. The van der Waals surface area contributed by atoms with Crippen LogP contribution in [-0.4, -0.2) is 34.7 Å². The van der Waals surface area contributed by atoms with E-state index < -0.39 is 0 Å². The van der Waals surface area contributed by atoms with Crippen molar-refractivity contribution in [3.63, 3.8) is 0 Å². The lowest BCUT2D eigenvalue weighted by molar-refractivity contribution is 0.268. The molecule has 3 aromatic rings. The van der Waals surface area contributed by atoms with Crippen LogP contribution in [0.4, 0.5) is 5.13 Å². The molecule has 0 fully saturated rings. The first-order valence-electron chi connectivity index (χ1n) is 7.94. The zero-order valence-corrected chi connectivity index (χ0v) is 16.0. The van der Waals surface area contributed by atoms with Gasteiger partial charge in [0.05, 0.1) is 0 Å². The van der Waals surface area contributed by atoms with Gasteiger partial charge in [-0.2, -0.15) is 14.5 Å². The molecule has 10 heteroatoms. The van der Waals surface area contributed by atoms with Gasteiger partial charge in [0.1, 0.15) is 18.2 Å². The van der Waals surface area contributed by atoms with E-state index >= 15 is 0 Å². The smallest absolute Gasteiger partial charge is 0.250 e. The summed E-state index contributed by atoms with van der Waals surface area (Å²) in [5.74, 6) is 2.11. The quantitative estimate of drug-likeness (QED) is 0.726. The van der Waals surface area contributed by atoms with Crippen molar-refractivity contribution in [3.8, 4) is 11.6 Å². The number of rotatable bonds is 4. The molecule has 1 unspecified atom stereocenters. The molecule has 0 spiro atoms. The lowest BCUT2D eigenvalue weighted by Gasteiger charge is -2.28. The molecule has 0 aromatic carbocycles. The van der Waals surface area contributed by atoms with Crippen molar-refractivity contribution in [1.82, 2.24) is 34.7 Å². The molecule has 1 atom stereocenters. The summed E-state index contributed by atoms with van der Waals surface area (Å²) in [6, 6.07) is -0.225. The lowest BCUT2D eigenvalue weighted by Crippen LogP contribution is -2.26. The predicted octanol–water partition coefficient (Wildman–Crippen LogP) is 3.20. The van der Waals surface area contributed by atoms with Crippen LogP contribution in [0.25, 0.3) is 11.6 Å². The Morgan fingerprint density at radius 1 is 1.16 bits per heavy atom. The fourth-order valence-corrected chi connectivity index (χ4v) is 2.91. The topological polar surface area (TPSA) is 118 Å². The fourth-order valence-electron chi connectivity index (χ4n) is 2.12. The molecule has 0 radical (unpaired) electrons. The van der Waals surface area contributed by atoms with E-state index in [9.17, 15) is 0 Å². The Bertz CT molecular complexity index is 824. The highest BCUT2D eigenvalue weighted by Gasteiger charge is 2.33. The Balaban J connectivity index is 1.87. The monoisotopic (exact) mass is 362 g/mol. The van der Waals surface area contributed by atoms with Crippen molar-refractivity contribution in [2.75, 3.05) is 5.32 Å². The van der Waals surface area contributed by atoms with Crippen LogP contribution in [0.5, 0.6) is 0 Å². The third-order valence-corrected chi connectivity index (χ3v) is 4.19. The average molecular weight is 362 g/mol. The maximum atomic E-state index is 5.47. The number of nitrogens with zero attached hydrogens (tertiary/aromatic N) is 6. The second kappa shape index (κ2) is 6.17. The van der Waals surface area contributed by atoms with Gasteiger partial charge in [0.15, 0.2) is 5.82 Å². The van der Waals surface area contributed by atoms with Crippen LogP contribution in [0.2, 0.25) is 0 Å². The minimum absolute atomic E-state index is 0.0996. The zero-order chi connectivity index (χ0) is 18.2. The molecule has 0 saturated heterocycles. The van der Waals surface area contributed by atoms with Crippen molar-refractivity contribution in [2.45, 2.75) is 53.0 Å². The van der Waals surface area contributed by atoms with Gasteiger partial charge < -0.3 is 9.84 Å². The third-order valence-electron chi connectivity index (χ3n) is 3.55. The Hall–Kier alpha value is -2.36. The van der Waals surface area contributed by atoms with Crippen LogP contribution < -0.4 is 5.32 Å². The number of anilines is 1.